The predicted molar refractivity (Wildman–Crippen MR) is 150 cm³/mol. The van der Waals surface area contributed by atoms with Crippen molar-refractivity contribution in [2.75, 3.05) is 13.2 Å². The van der Waals surface area contributed by atoms with Crippen LogP contribution in [0.15, 0.2) is 71.2 Å². The number of rotatable bonds is 12. The summed E-state index contributed by atoms with van der Waals surface area (Å²) in [7, 11) is 0. The predicted octanol–water partition coefficient (Wildman–Crippen LogP) is 7.03. The van der Waals surface area contributed by atoms with Gasteiger partial charge in [0.15, 0.2) is 0 Å². The van der Waals surface area contributed by atoms with Gasteiger partial charge in [-0.15, -0.1) is 0 Å². The van der Waals surface area contributed by atoms with Gasteiger partial charge in [-0.25, -0.2) is 4.98 Å². The molecular weight excluding hydrogens is 514 g/mol. The van der Waals surface area contributed by atoms with Crippen molar-refractivity contribution in [1.29, 1.82) is 0 Å². The van der Waals surface area contributed by atoms with Crippen LogP contribution in [-0.4, -0.2) is 28.6 Å². The Balaban J connectivity index is 1.24. The Morgan fingerprint density at radius 3 is 2.56 bits per heavy atom. The number of aromatic nitrogens is 2. The third kappa shape index (κ3) is 6.97. The van der Waals surface area contributed by atoms with Gasteiger partial charge in [0.25, 0.3) is 5.91 Å². The first-order valence-corrected chi connectivity index (χ1v) is 13.5. The zero-order valence-electron chi connectivity index (χ0n) is 21.1. The lowest BCUT2D eigenvalue weighted by atomic mass is 10.1. The summed E-state index contributed by atoms with van der Waals surface area (Å²) in [6.45, 7) is 6.46. The second kappa shape index (κ2) is 12.7. The number of carbonyl (C=O) groups excluding carboxylic acids is 1. The lowest BCUT2D eigenvalue weighted by Gasteiger charge is -2.11. The lowest BCUT2D eigenvalue weighted by Crippen LogP contribution is -2.24. The van der Waals surface area contributed by atoms with Crippen LogP contribution in [0.4, 0.5) is 0 Å². The van der Waals surface area contributed by atoms with E-state index in [-0.39, 0.29) is 5.91 Å². The van der Waals surface area contributed by atoms with Crippen molar-refractivity contribution in [2.45, 2.75) is 52.5 Å². The number of unbranched alkanes of at least 4 members (excludes halogenated alkanes) is 2. The third-order valence-electron chi connectivity index (χ3n) is 6.48. The SMILES string of the molecule is Cc1ccc(OCCCn2c(CCCCCNC(=O)c3ccc(Br)cc3)nc3ccccc32)cc1C. The van der Waals surface area contributed by atoms with Crippen molar-refractivity contribution in [3.05, 3.63) is 93.7 Å². The van der Waals surface area contributed by atoms with E-state index < -0.39 is 0 Å². The summed E-state index contributed by atoms with van der Waals surface area (Å²) in [5, 5.41) is 3.02. The van der Waals surface area contributed by atoms with E-state index in [1.165, 1.54) is 16.6 Å². The van der Waals surface area contributed by atoms with Gasteiger partial charge in [-0.05, 0) is 92.8 Å². The topological polar surface area (TPSA) is 56.1 Å². The monoisotopic (exact) mass is 547 g/mol. The largest absolute Gasteiger partial charge is 0.494 e. The number of fused-ring (bicyclic) bond motifs is 1. The Labute approximate surface area is 222 Å². The minimum atomic E-state index is -0.0210. The summed E-state index contributed by atoms with van der Waals surface area (Å²) in [6.07, 6.45) is 4.87. The Bertz CT molecular complexity index is 1300. The second-order valence-electron chi connectivity index (χ2n) is 9.19. The quantitative estimate of drug-likeness (QED) is 0.194. The molecule has 0 bridgehead atoms. The average Bonchev–Trinajstić information content (AvgIpc) is 3.23. The number of imidazole rings is 1. The van der Waals surface area contributed by atoms with Crippen LogP contribution in [0.25, 0.3) is 11.0 Å². The molecule has 0 radical (unpaired) electrons. The molecule has 4 aromatic rings. The molecule has 0 aliphatic carbocycles. The van der Waals surface area contributed by atoms with Crippen molar-refractivity contribution >= 4 is 32.9 Å². The molecule has 4 rings (SSSR count). The number of halogens is 1. The molecule has 0 spiro atoms. The number of para-hydroxylation sites is 2. The van der Waals surface area contributed by atoms with Crippen LogP contribution in [0.2, 0.25) is 0 Å². The van der Waals surface area contributed by atoms with E-state index in [0.29, 0.717) is 18.7 Å². The van der Waals surface area contributed by atoms with Gasteiger partial charge in [0.05, 0.1) is 17.6 Å². The standard InChI is InChI=1S/C30H34BrN3O2/c1-22-12-17-26(21-23(22)2)36-20-8-19-34-28-10-6-5-9-27(28)33-29(34)11-4-3-7-18-32-30(35)24-13-15-25(31)16-14-24/h5-6,9-10,12-17,21H,3-4,7-8,11,18-20H2,1-2H3,(H,32,35). The van der Waals surface area contributed by atoms with Gasteiger partial charge in [0.1, 0.15) is 11.6 Å². The maximum atomic E-state index is 12.3. The molecule has 1 aromatic heterocycles. The van der Waals surface area contributed by atoms with E-state index in [0.717, 1.165) is 60.2 Å². The second-order valence-corrected chi connectivity index (χ2v) is 10.1. The molecular formula is C30H34BrN3O2. The first kappa shape index (κ1) is 26.0. The van der Waals surface area contributed by atoms with Crippen LogP contribution in [-0.2, 0) is 13.0 Å². The van der Waals surface area contributed by atoms with Crippen molar-refractivity contribution in [1.82, 2.24) is 14.9 Å². The van der Waals surface area contributed by atoms with E-state index >= 15 is 0 Å². The van der Waals surface area contributed by atoms with Crippen molar-refractivity contribution in [3.8, 4) is 5.75 Å². The van der Waals surface area contributed by atoms with Gasteiger partial charge in [0, 0.05) is 29.5 Å². The van der Waals surface area contributed by atoms with Crippen LogP contribution >= 0.6 is 15.9 Å². The molecule has 0 unspecified atom stereocenters. The number of carbonyl (C=O) groups is 1. The van der Waals surface area contributed by atoms with Gasteiger partial charge in [0.2, 0.25) is 0 Å². The fraction of sp³-hybridized carbons (Fsp3) is 0.333. The molecule has 0 fully saturated rings. The van der Waals surface area contributed by atoms with Crippen LogP contribution in [0.1, 0.15) is 53.0 Å². The van der Waals surface area contributed by atoms with Gasteiger partial charge < -0.3 is 14.6 Å². The lowest BCUT2D eigenvalue weighted by molar-refractivity contribution is 0.0953. The highest BCUT2D eigenvalue weighted by Crippen LogP contribution is 2.20. The molecule has 0 saturated heterocycles. The van der Waals surface area contributed by atoms with Crippen LogP contribution in [0.3, 0.4) is 0 Å². The minimum Gasteiger partial charge on any atom is -0.494 e. The average molecular weight is 549 g/mol. The Hall–Kier alpha value is -3.12. The zero-order valence-corrected chi connectivity index (χ0v) is 22.7. The van der Waals surface area contributed by atoms with Crippen LogP contribution in [0.5, 0.6) is 5.75 Å². The van der Waals surface area contributed by atoms with Crippen molar-refractivity contribution < 1.29 is 9.53 Å². The fourth-order valence-corrected chi connectivity index (χ4v) is 4.54. The minimum absolute atomic E-state index is 0.0210. The summed E-state index contributed by atoms with van der Waals surface area (Å²) < 4.78 is 9.32. The van der Waals surface area contributed by atoms with Gasteiger partial charge >= 0.3 is 0 Å². The number of ether oxygens (including phenoxy) is 1. The normalized spacial score (nSPS) is 11.1. The highest BCUT2D eigenvalue weighted by molar-refractivity contribution is 9.10. The van der Waals surface area contributed by atoms with Gasteiger partial charge in [-0.1, -0.05) is 40.5 Å². The van der Waals surface area contributed by atoms with Crippen molar-refractivity contribution in [3.63, 3.8) is 0 Å². The Morgan fingerprint density at radius 1 is 0.944 bits per heavy atom. The molecule has 3 aromatic carbocycles. The van der Waals surface area contributed by atoms with Gasteiger partial charge in [-0.2, -0.15) is 0 Å². The first-order chi connectivity index (χ1) is 17.5. The number of amides is 1. The van der Waals surface area contributed by atoms with E-state index in [2.05, 4.69) is 70.0 Å². The first-order valence-electron chi connectivity index (χ1n) is 12.7. The summed E-state index contributed by atoms with van der Waals surface area (Å²) in [5.74, 6) is 2.04. The number of hydrogen-bond acceptors (Lipinski definition) is 3. The maximum absolute atomic E-state index is 12.3. The maximum Gasteiger partial charge on any atom is 0.251 e. The highest BCUT2D eigenvalue weighted by atomic mass is 79.9. The number of nitrogens with one attached hydrogen (secondary N) is 1. The number of hydrogen-bond donors (Lipinski definition) is 1. The fourth-order valence-electron chi connectivity index (χ4n) is 4.27. The molecule has 1 amide bonds. The molecule has 6 heteroatoms. The highest BCUT2D eigenvalue weighted by Gasteiger charge is 2.10. The van der Waals surface area contributed by atoms with Crippen LogP contribution < -0.4 is 10.1 Å². The third-order valence-corrected chi connectivity index (χ3v) is 7.00. The molecule has 0 atom stereocenters. The summed E-state index contributed by atoms with van der Waals surface area (Å²) in [4.78, 5) is 17.2. The zero-order chi connectivity index (χ0) is 25.3. The summed E-state index contributed by atoms with van der Waals surface area (Å²) in [6, 6.07) is 22.0. The van der Waals surface area contributed by atoms with Crippen LogP contribution in [0, 0.1) is 13.8 Å². The summed E-state index contributed by atoms with van der Waals surface area (Å²) >= 11 is 3.40. The van der Waals surface area contributed by atoms with E-state index in [4.69, 9.17) is 9.72 Å². The van der Waals surface area contributed by atoms with Gasteiger partial charge in [-0.3, -0.25) is 4.79 Å². The summed E-state index contributed by atoms with van der Waals surface area (Å²) in [5.41, 5.74) is 5.45. The number of nitrogens with zero attached hydrogens (tertiary/aromatic N) is 2. The molecule has 188 valence electrons. The molecule has 36 heavy (non-hydrogen) atoms. The number of aryl methyl sites for hydroxylation is 4. The Kier molecular flexibility index (Phi) is 9.17. The Morgan fingerprint density at radius 2 is 1.75 bits per heavy atom. The number of benzene rings is 3. The molecule has 1 N–H and O–H groups in total. The molecule has 0 aliphatic heterocycles. The van der Waals surface area contributed by atoms with E-state index in [1.54, 1.807) is 0 Å². The molecule has 0 saturated carbocycles. The van der Waals surface area contributed by atoms with E-state index in [1.807, 2.05) is 36.4 Å². The smallest absolute Gasteiger partial charge is 0.251 e. The molecule has 0 aliphatic rings. The van der Waals surface area contributed by atoms with Crippen molar-refractivity contribution in [2.24, 2.45) is 0 Å². The molecule has 5 nitrogen and oxygen atoms in total. The molecule has 1 heterocycles. The van der Waals surface area contributed by atoms with E-state index in [9.17, 15) is 4.79 Å².